The van der Waals surface area contributed by atoms with Crippen molar-refractivity contribution < 1.29 is 9.90 Å². The number of phenols is 1. The van der Waals surface area contributed by atoms with Crippen LogP contribution in [0.3, 0.4) is 0 Å². The number of aryl methyl sites for hydroxylation is 1. The summed E-state index contributed by atoms with van der Waals surface area (Å²) in [5.41, 5.74) is 1.12. The minimum Gasteiger partial charge on any atom is -0.507 e. The molecule has 0 radical (unpaired) electrons. The first-order valence-electron chi connectivity index (χ1n) is 6.08. The smallest absolute Gasteiger partial charge is 0.257 e. The Morgan fingerprint density at radius 1 is 1.35 bits per heavy atom. The van der Waals surface area contributed by atoms with E-state index in [-0.39, 0.29) is 17.7 Å². The Morgan fingerprint density at radius 2 is 1.94 bits per heavy atom. The van der Waals surface area contributed by atoms with E-state index in [0.29, 0.717) is 5.56 Å². The lowest BCUT2D eigenvalue weighted by atomic mass is 10.1. The Kier molecular flexibility index (Phi) is 4.55. The van der Waals surface area contributed by atoms with Crippen molar-refractivity contribution in [1.82, 2.24) is 4.90 Å². The van der Waals surface area contributed by atoms with Gasteiger partial charge in [0.15, 0.2) is 0 Å². The van der Waals surface area contributed by atoms with E-state index in [1.807, 2.05) is 0 Å². The van der Waals surface area contributed by atoms with Gasteiger partial charge < -0.3 is 10.0 Å². The number of amides is 1. The highest BCUT2D eigenvalue weighted by Gasteiger charge is 2.21. The first-order valence-corrected chi connectivity index (χ1v) is 6.08. The van der Waals surface area contributed by atoms with Crippen LogP contribution < -0.4 is 0 Å². The summed E-state index contributed by atoms with van der Waals surface area (Å²) in [5.74, 6) is -0.0183. The first-order chi connectivity index (χ1) is 8.02. The van der Waals surface area contributed by atoms with Crippen molar-refractivity contribution in [1.29, 1.82) is 0 Å². The molecule has 0 aliphatic rings. The van der Waals surface area contributed by atoms with E-state index in [2.05, 4.69) is 13.8 Å². The van der Waals surface area contributed by atoms with Gasteiger partial charge in [0.1, 0.15) is 5.75 Å². The maximum Gasteiger partial charge on any atom is 0.257 e. The van der Waals surface area contributed by atoms with Crippen LogP contribution in [-0.4, -0.2) is 29.0 Å². The quantitative estimate of drug-likeness (QED) is 0.871. The molecule has 1 N–H and O–H groups in total. The maximum absolute atomic E-state index is 12.2. The van der Waals surface area contributed by atoms with Crippen molar-refractivity contribution in [2.45, 2.75) is 39.7 Å². The van der Waals surface area contributed by atoms with Crippen molar-refractivity contribution in [3.05, 3.63) is 29.3 Å². The highest BCUT2D eigenvalue weighted by Crippen LogP contribution is 2.23. The van der Waals surface area contributed by atoms with Gasteiger partial charge in [0.25, 0.3) is 5.91 Å². The molecule has 0 spiro atoms. The molecule has 1 amide bonds. The van der Waals surface area contributed by atoms with Crippen LogP contribution in [0.4, 0.5) is 0 Å². The summed E-state index contributed by atoms with van der Waals surface area (Å²) in [6.07, 6.45) is 1.84. The predicted molar refractivity (Wildman–Crippen MR) is 69.3 cm³/mol. The highest BCUT2D eigenvalue weighted by atomic mass is 16.3. The second-order valence-electron chi connectivity index (χ2n) is 4.36. The fraction of sp³-hybridized carbons (Fsp3) is 0.500. The van der Waals surface area contributed by atoms with E-state index < -0.39 is 0 Å². The van der Waals surface area contributed by atoms with Gasteiger partial charge in [0, 0.05) is 13.1 Å². The molecule has 17 heavy (non-hydrogen) atoms. The van der Waals surface area contributed by atoms with Crippen LogP contribution in [0.2, 0.25) is 0 Å². The van der Waals surface area contributed by atoms with Crippen LogP contribution in [0.15, 0.2) is 18.2 Å². The molecular weight excluding hydrogens is 214 g/mol. The van der Waals surface area contributed by atoms with Gasteiger partial charge in [-0.2, -0.15) is 0 Å². The minimum absolute atomic E-state index is 0.0929. The van der Waals surface area contributed by atoms with E-state index in [0.717, 1.165) is 18.4 Å². The Balaban J connectivity index is 3.00. The number of carbonyl (C=O) groups excluding carboxylic acids is 1. The number of para-hydroxylation sites is 1. The predicted octanol–water partition coefficient (Wildman–Crippen LogP) is 2.96. The molecule has 1 rings (SSSR count). The summed E-state index contributed by atoms with van der Waals surface area (Å²) in [7, 11) is 1.79. The number of carbonyl (C=O) groups is 1. The Hall–Kier alpha value is -1.51. The normalized spacial score (nSPS) is 10.6. The van der Waals surface area contributed by atoms with Crippen LogP contribution in [-0.2, 0) is 0 Å². The Bertz CT molecular complexity index is 397. The van der Waals surface area contributed by atoms with Gasteiger partial charge in [-0.1, -0.05) is 26.0 Å². The summed E-state index contributed by atoms with van der Waals surface area (Å²) in [6, 6.07) is 5.48. The molecule has 0 bridgehead atoms. The zero-order valence-corrected chi connectivity index (χ0v) is 11.0. The summed E-state index contributed by atoms with van der Waals surface area (Å²) < 4.78 is 0. The lowest BCUT2D eigenvalue weighted by molar-refractivity contribution is 0.0720. The molecule has 0 saturated carbocycles. The highest BCUT2D eigenvalue weighted by molar-refractivity contribution is 5.97. The lowest BCUT2D eigenvalue weighted by Gasteiger charge is -2.26. The number of hydrogen-bond acceptors (Lipinski definition) is 2. The maximum atomic E-state index is 12.2. The summed E-state index contributed by atoms with van der Waals surface area (Å²) in [6.45, 7) is 5.92. The third-order valence-electron chi connectivity index (χ3n) is 3.28. The summed E-state index contributed by atoms with van der Waals surface area (Å²) in [4.78, 5) is 14.0. The second-order valence-corrected chi connectivity index (χ2v) is 4.36. The van der Waals surface area contributed by atoms with E-state index in [4.69, 9.17) is 0 Å². The van der Waals surface area contributed by atoms with Crippen molar-refractivity contribution in [2.24, 2.45) is 0 Å². The molecule has 0 heterocycles. The van der Waals surface area contributed by atoms with E-state index in [1.54, 1.807) is 37.1 Å². The van der Waals surface area contributed by atoms with Gasteiger partial charge >= 0.3 is 0 Å². The van der Waals surface area contributed by atoms with Gasteiger partial charge in [-0.05, 0) is 31.4 Å². The fourth-order valence-corrected chi connectivity index (χ4v) is 2.02. The van der Waals surface area contributed by atoms with Crippen LogP contribution in [0.25, 0.3) is 0 Å². The lowest BCUT2D eigenvalue weighted by Crippen LogP contribution is -2.36. The zero-order chi connectivity index (χ0) is 13.0. The largest absolute Gasteiger partial charge is 0.507 e. The molecule has 0 unspecified atom stereocenters. The van der Waals surface area contributed by atoms with Crippen molar-refractivity contribution in [3.63, 3.8) is 0 Å². The number of benzene rings is 1. The number of hydrogen-bond donors (Lipinski definition) is 1. The molecule has 1 aromatic carbocycles. The van der Waals surface area contributed by atoms with E-state index in [1.165, 1.54) is 0 Å². The number of rotatable bonds is 4. The van der Waals surface area contributed by atoms with Crippen LogP contribution in [0, 0.1) is 6.92 Å². The standard InChI is InChI=1S/C14H21NO2/c1-5-11(6-2)15(4)14(17)12-9-7-8-10(3)13(12)16/h7-9,11,16H,5-6H2,1-4H3. The second kappa shape index (κ2) is 5.71. The van der Waals surface area contributed by atoms with Crippen molar-refractivity contribution in [3.8, 4) is 5.75 Å². The Labute approximate surface area is 103 Å². The zero-order valence-electron chi connectivity index (χ0n) is 11.0. The molecule has 94 valence electrons. The molecule has 3 nitrogen and oxygen atoms in total. The third-order valence-corrected chi connectivity index (χ3v) is 3.28. The van der Waals surface area contributed by atoms with Gasteiger partial charge in [-0.25, -0.2) is 0 Å². The summed E-state index contributed by atoms with van der Waals surface area (Å²) >= 11 is 0. The van der Waals surface area contributed by atoms with Crippen LogP contribution >= 0.6 is 0 Å². The minimum atomic E-state index is -0.111. The van der Waals surface area contributed by atoms with Crippen LogP contribution in [0.5, 0.6) is 5.75 Å². The SMILES string of the molecule is CCC(CC)N(C)C(=O)c1cccc(C)c1O. The third kappa shape index (κ3) is 2.78. The van der Waals surface area contributed by atoms with E-state index >= 15 is 0 Å². The topological polar surface area (TPSA) is 40.5 Å². The molecule has 1 aromatic rings. The van der Waals surface area contributed by atoms with Crippen molar-refractivity contribution in [2.75, 3.05) is 7.05 Å². The molecule has 0 aliphatic heterocycles. The van der Waals surface area contributed by atoms with Gasteiger partial charge in [0.2, 0.25) is 0 Å². The molecule has 0 saturated heterocycles. The van der Waals surface area contributed by atoms with E-state index in [9.17, 15) is 9.90 Å². The number of nitrogens with zero attached hydrogens (tertiary/aromatic N) is 1. The number of aromatic hydroxyl groups is 1. The monoisotopic (exact) mass is 235 g/mol. The average Bonchev–Trinajstić information content (AvgIpc) is 2.33. The molecule has 0 aliphatic carbocycles. The molecular formula is C14H21NO2. The van der Waals surface area contributed by atoms with Crippen LogP contribution in [0.1, 0.15) is 42.6 Å². The first kappa shape index (κ1) is 13.6. The molecule has 3 heteroatoms. The molecule has 0 atom stereocenters. The molecule has 0 aromatic heterocycles. The summed E-state index contributed by atoms with van der Waals surface area (Å²) in [5, 5.41) is 9.90. The van der Waals surface area contributed by atoms with Crippen molar-refractivity contribution >= 4 is 5.91 Å². The molecule has 0 fully saturated rings. The number of phenolic OH excluding ortho intramolecular Hbond substituents is 1. The fourth-order valence-electron chi connectivity index (χ4n) is 2.02. The Morgan fingerprint density at radius 3 is 2.47 bits per heavy atom. The average molecular weight is 235 g/mol. The van der Waals surface area contributed by atoms with Gasteiger partial charge in [0.05, 0.1) is 5.56 Å². The van der Waals surface area contributed by atoms with Gasteiger partial charge in [-0.3, -0.25) is 4.79 Å². The van der Waals surface area contributed by atoms with Gasteiger partial charge in [-0.15, -0.1) is 0 Å².